The van der Waals surface area contributed by atoms with Gasteiger partial charge in [0.25, 0.3) is 0 Å². The van der Waals surface area contributed by atoms with Gasteiger partial charge in [-0.25, -0.2) is 0 Å². The average molecular weight is 412 g/mol. The van der Waals surface area contributed by atoms with Gasteiger partial charge in [-0.15, -0.1) is 0 Å². The second kappa shape index (κ2) is 8.46. The first kappa shape index (κ1) is 20.6. The smallest absolute Gasteiger partial charge is 0.353 e. The van der Waals surface area contributed by atoms with Crippen molar-refractivity contribution in [3.8, 4) is 11.4 Å². The zero-order valence-electron chi connectivity index (χ0n) is 15.6. The van der Waals surface area contributed by atoms with E-state index in [1.807, 2.05) is 31.2 Å². The van der Waals surface area contributed by atoms with E-state index in [0.29, 0.717) is 30.0 Å². The number of aryl methyl sites for hydroxylation is 1. The summed E-state index contributed by atoms with van der Waals surface area (Å²) in [5.74, 6) is -0.968. The maximum Gasteiger partial charge on any atom is 0.391 e. The number of hydrogen-bond acceptors (Lipinski definition) is 3. The third kappa shape index (κ3) is 5.01. The van der Waals surface area contributed by atoms with Crippen molar-refractivity contribution in [3.05, 3.63) is 34.6 Å². The minimum atomic E-state index is -4.20. The summed E-state index contributed by atoms with van der Waals surface area (Å²) in [7, 11) is 0. The number of carbonyl (C=O) groups excluding carboxylic acids is 1. The Bertz CT molecular complexity index is 890. The summed E-state index contributed by atoms with van der Waals surface area (Å²) >= 11 is 5.26. The molecule has 3 rings (SSSR count). The lowest BCUT2D eigenvalue weighted by molar-refractivity contribution is -0.184. The molecule has 0 bridgehead atoms. The Morgan fingerprint density at radius 2 is 2.18 bits per heavy atom. The molecule has 1 saturated carbocycles. The Morgan fingerprint density at radius 3 is 2.89 bits per heavy atom. The highest BCUT2D eigenvalue weighted by molar-refractivity contribution is 7.71. The first-order chi connectivity index (χ1) is 13.2. The summed E-state index contributed by atoms with van der Waals surface area (Å²) in [5.41, 5.74) is 1.96. The van der Waals surface area contributed by atoms with E-state index < -0.39 is 18.1 Å². The molecule has 2 aromatic rings. The number of hydrogen-bond donors (Lipinski definition) is 2. The highest BCUT2D eigenvalue weighted by Crippen LogP contribution is 2.37. The van der Waals surface area contributed by atoms with Crippen LogP contribution in [0.3, 0.4) is 0 Å². The minimum absolute atomic E-state index is 0.0467. The van der Waals surface area contributed by atoms with Gasteiger partial charge in [0, 0.05) is 24.6 Å². The number of aromatic nitrogens is 3. The highest BCUT2D eigenvalue weighted by Gasteiger charge is 2.42. The van der Waals surface area contributed by atoms with Crippen molar-refractivity contribution >= 4 is 18.1 Å². The van der Waals surface area contributed by atoms with E-state index in [0.717, 1.165) is 11.1 Å². The molecule has 5 nitrogen and oxygen atoms in total. The fourth-order valence-corrected chi connectivity index (χ4v) is 3.88. The van der Waals surface area contributed by atoms with Crippen molar-refractivity contribution in [1.29, 1.82) is 0 Å². The van der Waals surface area contributed by atoms with Gasteiger partial charge >= 0.3 is 6.18 Å². The van der Waals surface area contributed by atoms with Gasteiger partial charge in [-0.05, 0) is 44.5 Å². The lowest BCUT2D eigenvalue weighted by Crippen LogP contribution is -2.41. The molecule has 0 radical (unpaired) electrons. The van der Waals surface area contributed by atoms with Crippen LogP contribution in [0.15, 0.2) is 24.3 Å². The van der Waals surface area contributed by atoms with Gasteiger partial charge in [-0.2, -0.15) is 18.3 Å². The van der Waals surface area contributed by atoms with E-state index in [1.165, 1.54) is 0 Å². The number of alkyl halides is 3. The molecule has 1 amide bonds. The number of nitrogens with one attached hydrogen (secondary N) is 2. The van der Waals surface area contributed by atoms with Crippen LogP contribution in [0.4, 0.5) is 13.2 Å². The average Bonchev–Trinajstić information content (AvgIpc) is 3.00. The third-order valence-electron chi connectivity index (χ3n) is 5.10. The summed E-state index contributed by atoms with van der Waals surface area (Å²) in [5, 5.41) is 9.74. The molecular weight excluding hydrogens is 389 g/mol. The number of carbonyl (C=O) groups is 1. The van der Waals surface area contributed by atoms with E-state index in [4.69, 9.17) is 12.2 Å². The molecule has 1 heterocycles. The highest BCUT2D eigenvalue weighted by atomic mass is 32.1. The monoisotopic (exact) mass is 412 g/mol. The van der Waals surface area contributed by atoms with Crippen LogP contribution in [-0.2, 0) is 11.3 Å². The molecule has 1 aliphatic rings. The molecule has 1 aromatic carbocycles. The van der Waals surface area contributed by atoms with Crippen molar-refractivity contribution in [2.45, 2.75) is 57.8 Å². The van der Waals surface area contributed by atoms with E-state index in [1.54, 1.807) is 4.57 Å². The van der Waals surface area contributed by atoms with Gasteiger partial charge in [-0.3, -0.25) is 14.5 Å². The molecule has 28 heavy (non-hydrogen) atoms. The molecule has 2 atom stereocenters. The van der Waals surface area contributed by atoms with Crippen LogP contribution in [0, 0.1) is 17.6 Å². The topological polar surface area (TPSA) is 62.7 Å². The first-order valence-electron chi connectivity index (χ1n) is 9.32. The predicted molar refractivity (Wildman–Crippen MR) is 102 cm³/mol. The predicted octanol–water partition coefficient (Wildman–Crippen LogP) is 4.54. The van der Waals surface area contributed by atoms with Gasteiger partial charge in [0.2, 0.25) is 5.91 Å². The van der Waals surface area contributed by atoms with Crippen LogP contribution in [-0.4, -0.2) is 32.9 Å². The summed E-state index contributed by atoms with van der Waals surface area (Å²) in [4.78, 5) is 12.3. The van der Waals surface area contributed by atoms with Crippen LogP contribution >= 0.6 is 12.2 Å². The van der Waals surface area contributed by atoms with Crippen molar-refractivity contribution in [2.24, 2.45) is 5.92 Å². The van der Waals surface area contributed by atoms with Crippen LogP contribution < -0.4 is 5.32 Å². The van der Waals surface area contributed by atoms with Gasteiger partial charge < -0.3 is 5.32 Å². The number of H-pyrrole nitrogens is 1. The molecule has 0 spiro atoms. The van der Waals surface area contributed by atoms with Gasteiger partial charge in [0.1, 0.15) is 0 Å². The van der Waals surface area contributed by atoms with Gasteiger partial charge in [0.05, 0.1) is 5.92 Å². The Labute approximate surface area is 166 Å². The quantitative estimate of drug-likeness (QED) is 0.709. The second-order valence-electron chi connectivity index (χ2n) is 7.29. The number of aromatic amines is 1. The molecule has 0 aliphatic heterocycles. The fraction of sp³-hybridized carbons (Fsp3) is 0.526. The largest absolute Gasteiger partial charge is 0.391 e. The summed E-state index contributed by atoms with van der Waals surface area (Å²) in [6.45, 7) is 2.28. The zero-order valence-corrected chi connectivity index (χ0v) is 16.4. The number of rotatable bonds is 5. The number of amides is 1. The van der Waals surface area contributed by atoms with E-state index in [-0.39, 0.29) is 25.2 Å². The van der Waals surface area contributed by atoms with Crippen LogP contribution in [0.1, 0.15) is 37.7 Å². The third-order valence-corrected chi connectivity index (χ3v) is 5.41. The van der Waals surface area contributed by atoms with Crippen molar-refractivity contribution < 1.29 is 18.0 Å². The lowest BCUT2D eigenvalue weighted by atomic mass is 9.85. The molecule has 0 saturated heterocycles. The van der Waals surface area contributed by atoms with Crippen molar-refractivity contribution in [1.82, 2.24) is 20.1 Å². The first-order valence-corrected chi connectivity index (χ1v) is 9.73. The molecule has 9 heteroatoms. The van der Waals surface area contributed by atoms with Gasteiger partial charge in [0.15, 0.2) is 10.6 Å². The van der Waals surface area contributed by atoms with E-state index in [2.05, 4.69) is 15.5 Å². The Hall–Kier alpha value is -2.16. The maximum absolute atomic E-state index is 12.9. The second-order valence-corrected chi connectivity index (χ2v) is 7.68. The molecular formula is C19H23F3N4OS. The van der Waals surface area contributed by atoms with Crippen molar-refractivity contribution in [3.63, 3.8) is 0 Å². The summed E-state index contributed by atoms with van der Waals surface area (Å²) in [6.07, 6.45) is -2.93. The van der Waals surface area contributed by atoms with E-state index in [9.17, 15) is 18.0 Å². The van der Waals surface area contributed by atoms with Crippen LogP contribution in [0.2, 0.25) is 0 Å². The zero-order chi connectivity index (χ0) is 20.3. The molecule has 1 aromatic heterocycles. The lowest BCUT2D eigenvalue weighted by Gasteiger charge is -2.31. The molecule has 1 fully saturated rings. The number of halogens is 3. The Balaban J connectivity index is 1.61. The molecule has 1 aliphatic carbocycles. The summed E-state index contributed by atoms with van der Waals surface area (Å²) in [6, 6.07) is 7.34. The SMILES string of the molecule is Cc1cccc(-c2n[nH]c(=S)n2CCC(=O)N[C@@H]2CCC[C@@H](C(F)(F)F)C2)c1. The minimum Gasteiger partial charge on any atom is -0.353 e. The standard InChI is InChI=1S/C19H23F3N4OS/c1-12-4-2-5-13(10-12)17-24-25-18(28)26(17)9-8-16(27)23-15-7-3-6-14(11-15)19(20,21)22/h2,4-5,10,14-15H,3,6-9,11H2,1H3,(H,23,27)(H,25,28)/t14-,15-/m1/s1. The normalized spacial score (nSPS) is 20.1. The Morgan fingerprint density at radius 1 is 1.39 bits per heavy atom. The molecule has 0 unspecified atom stereocenters. The van der Waals surface area contributed by atoms with Crippen LogP contribution in [0.5, 0.6) is 0 Å². The van der Waals surface area contributed by atoms with Gasteiger partial charge in [-0.1, -0.05) is 30.2 Å². The van der Waals surface area contributed by atoms with E-state index >= 15 is 0 Å². The number of nitrogens with zero attached hydrogens (tertiary/aromatic N) is 2. The number of benzene rings is 1. The molecule has 2 N–H and O–H groups in total. The van der Waals surface area contributed by atoms with Crippen molar-refractivity contribution in [2.75, 3.05) is 0 Å². The Kier molecular flexibility index (Phi) is 6.22. The maximum atomic E-state index is 12.9. The fourth-order valence-electron chi connectivity index (χ4n) is 3.66. The molecule has 152 valence electrons. The van der Waals surface area contributed by atoms with Crippen LogP contribution in [0.25, 0.3) is 11.4 Å². The summed E-state index contributed by atoms with van der Waals surface area (Å²) < 4.78 is 40.9.